The van der Waals surface area contributed by atoms with Crippen LogP contribution in [-0.2, 0) is 11.3 Å². The van der Waals surface area contributed by atoms with Gasteiger partial charge in [-0.05, 0) is 12.5 Å². The fourth-order valence-corrected chi connectivity index (χ4v) is 1.22. The molecule has 0 atom stereocenters. The lowest BCUT2D eigenvalue weighted by atomic mass is 10.2. The number of nitrogens with one attached hydrogen (secondary N) is 2. The van der Waals surface area contributed by atoms with Gasteiger partial charge in [0.15, 0.2) is 0 Å². The molecule has 0 saturated heterocycles. The Balaban J connectivity index is 2.02. The van der Waals surface area contributed by atoms with E-state index in [4.69, 9.17) is 4.74 Å². The van der Waals surface area contributed by atoms with Crippen LogP contribution < -0.4 is 10.6 Å². The molecule has 1 rings (SSSR count). The maximum atomic E-state index is 11.0. The fourth-order valence-electron chi connectivity index (χ4n) is 1.22. The van der Waals surface area contributed by atoms with E-state index in [2.05, 4.69) is 10.6 Å². The number of ether oxygens (including phenoxy) is 1. The van der Waals surface area contributed by atoms with E-state index in [9.17, 15) is 4.79 Å². The third-order valence-corrected chi connectivity index (χ3v) is 1.98. The molecule has 0 aliphatic heterocycles. The number of urea groups is 1. The molecule has 0 aliphatic rings. The van der Waals surface area contributed by atoms with Crippen LogP contribution in [0, 0.1) is 0 Å². The molecule has 0 aromatic heterocycles. The predicted molar refractivity (Wildman–Crippen MR) is 63.2 cm³/mol. The highest BCUT2D eigenvalue weighted by molar-refractivity contribution is 5.73. The summed E-state index contributed by atoms with van der Waals surface area (Å²) in [5, 5.41) is 5.34. The Hall–Kier alpha value is -1.55. The number of hydrogen-bond acceptors (Lipinski definition) is 2. The molecule has 0 saturated carbocycles. The van der Waals surface area contributed by atoms with Crippen LogP contribution in [0.3, 0.4) is 0 Å². The van der Waals surface area contributed by atoms with Gasteiger partial charge < -0.3 is 15.4 Å². The first-order valence-corrected chi connectivity index (χ1v) is 5.46. The van der Waals surface area contributed by atoms with Crippen molar-refractivity contribution in [3.05, 3.63) is 35.9 Å². The summed E-state index contributed by atoms with van der Waals surface area (Å²) in [7, 11) is 0. The van der Waals surface area contributed by atoms with Gasteiger partial charge in [-0.2, -0.15) is 0 Å². The van der Waals surface area contributed by atoms with Gasteiger partial charge >= 0.3 is 6.03 Å². The van der Waals surface area contributed by atoms with Gasteiger partial charge in [-0.15, -0.1) is 0 Å². The summed E-state index contributed by atoms with van der Waals surface area (Å²) < 4.78 is 5.41. The van der Waals surface area contributed by atoms with Gasteiger partial charge in [-0.1, -0.05) is 30.3 Å². The summed E-state index contributed by atoms with van der Waals surface area (Å²) >= 11 is 0. The zero-order valence-electron chi connectivity index (χ0n) is 9.53. The second-order valence-electron chi connectivity index (χ2n) is 3.32. The average molecular weight is 222 g/mol. The molecule has 0 fully saturated rings. The third-order valence-electron chi connectivity index (χ3n) is 1.98. The first-order chi connectivity index (χ1) is 7.83. The third kappa shape index (κ3) is 5.36. The molecule has 1 aromatic carbocycles. The van der Waals surface area contributed by atoms with E-state index in [1.807, 2.05) is 37.3 Å². The van der Waals surface area contributed by atoms with Gasteiger partial charge in [0.05, 0.1) is 13.2 Å². The van der Waals surface area contributed by atoms with E-state index in [1.165, 1.54) is 0 Å². The largest absolute Gasteiger partial charge is 0.375 e. The Labute approximate surface area is 96.0 Å². The Morgan fingerprint density at radius 3 is 2.69 bits per heavy atom. The first-order valence-electron chi connectivity index (χ1n) is 5.46. The highest BCUT2D eigenvalue weighted by atomic mass is 16.5. The Bertz CT molecular complexity index is 301. The minimum absolute atomic E-state index is 0.147. The minimum Gasteiger partial charge on any atom is -0.375 e. The lowest BCUT2D eigenvalue weighted by Gasteiger charge is -2.06. The number of amides is 2. The molecule has 16 heavy (non-hydrogen) atoms. The van der Waals surface area contributed by atoms with Crippen molar-refractivity contribution in [2.75, 3.05) is 19.7 Å². The van der Waals surface area contributed by atoms with Crippen molar-refractivity contribution in [1.29, 1.82) is 0 Å². The molecule has 0 aliphatic carbocycles. The van der Waals surface area contributed by atoms with Gasteiger partial charge in [-0.3, -0.25) is 0 Å². The minimum atomic E-state index is -0.147. The fraction of sp³-hybridized carbons (Fsp3) is 0.417. The van der Waals surface area contributed by atoms with Crippen molar-refractivity contribution < 1.29 is 9.53 Å². The summed E-state index contributed by atoms with van der Waals surface area (Å²) in [6, 6.07) is 9.80. The summed E-state index contributed by atoms with van der Waals surface area (Å²) in [6.07, 6.45) is 0. The Kier molecular flexibility index (Phi) is 6.03. The quantitative estimate of drug-likeness (QED) is 0.717. The molecule has 2 N–H and O–H groups in total. The Morgan fingerprint density at radius 1 is 1.25 bits per heavy atom. The average Bonchev–Trinajstić information content (AvgIpc) is 2.30. The molecule has 1 aromatic rings. The summed E-state index contributed by atoms with van der Waals surface area (Å²) in [6.45, 7) is 4.14. The topological polar surface area (TPSA) is 50.4 Å². The molecule has 0 unspecified atom stereocenters. The second kappa shape index (κ2) is 7.70. The SMILES string of the molecule is CCNC(=O)NCCOCc1ccccc1. The van der Waals surface area contributed by atoms with Crippen molar-refractivity contribution in [2.24, 2.45) is 0 Å². The number of carbonyl (C=O) groups excluding carboxylic acids is 1. The highest BCUT2D eigenvalue weighted by Gasteiger charge is 1.96. The Morgan fingerprint density at radius 2 is 2.00 bits per heavy atom. The predicted octanol–water partition coefficient (Wildman–Crippen LogP) is 1.52. The number of benzene rings is 1. The van der Waals surface area contributed by atoms with Crippen LogP contribution in [0.25, 0.3) is 0 Å². The normalized spacial score (nSPS) is 9.81. The maximum Gasteiger partial charge on any atom is 0.314 e. The van der Waals surface area contributed by atoms with Gasteiger partial charge in [0, 0.05) is 13.1 Å². The summed E-state index contributed by atoms with van der Waals surface area (Å²) in [5.74, 6) is 0. The molecule has 0 heterocycles. The van der Waals surface area contributed by atoms with Crippen molar-refractivity contribution >= 4 is 6.03 Å². The molecule has 0 bridgehead atoms. The van der Waals surface area contributed by atoms with E-state index >= 15 is 0 Å². The van der Waals surface area contributed by atoms with Crippen LogP contribution in [0.5, 0.6) is 0 Å². The van der Waals surface area contributed by atoms with Gasteiger partial charge in [-0.25, -0.2) is 4.79 Å². The lowest BCUT2D eigenvalue weighted by molar-refractivity contribution is 0.123. The van der Waals surface area contributed by atoms with Gasteiger partial charge in [0.25, 0.3) is 0 Å². The number of rotatable bonds is 6. The van der Waals surface area contributed by atoms with Crippen LogP contribution in [0.15, 0.2) is 30.3 Å². The van der Waals surface area contributed by atoms with Crippen molar-refractivity contribution in [3.8, 4) is 0 Å². The zero-order chi connectivity index (χ0) is 11.6. The first kappa shape index (κ1) is 12.5. The van der Waals surface area contributed by atoms with Crippen molar-refractivity contribution in [1.82, 2.24) is 10.6 Å². The molecular formula is C12H18N2O2. The van der Waals surface area contributed by atoms with Crippen molar-refractivity contribution in [3.63, 3.8) is 0 Å². The van der Waals surface area contributed by atoms with Crippen LogP contribution in [0.2, 0.25) is 0 Å². The summed E-state index contributed by atoms with van der Waals surface area (Å²) in [4.78, 5) is 11.0. The van der Waals surface area contributed by atoms with Gasteiger partial charge in [0.1, 0.15) is 0 Å². The molecule has 88 valence electrons. The molecule has 4 heteroatoms. The molecule has 4 nitrogen and oxygen atoms in total. The van der Waals surface area contributed by atoms with Crippen LogP contribution in [0.1, 0.15) is 12.5 Å². The van der Waals surface area contributed by atoms with E-state index in [-0.39, 0.29) is 6.03 Å². The zero-order valence-corrected chi connectivity index (χ0v) is 9.53. The monoisotopic (exact) mass is 222 g/mol. The highest BCUT2D eigenvalue weighted by Crippen LogP contribution is 1.99. The summed E-state index contributed by atoms with van der Waals surface area (Å²) in [5.41, 5.74) is 1.14. The number of carbonyl (C=O) groups is 1. The maximum absolute atomic E-state index is 11.0. The molecule has 0 spiro atoms. The lowest BCUT2D eigenvalue weighted by Crippen LogP contribution is -2.37. The van der Waals surface area contributed by atoms with E-state index < -0.39 is 0 Å². The van der Waals surface area contributed by atoms with E-state index in [1.54, 1.807) is 0 Å². The standard InChI is InChI=1S/C12H18N2O2/c1-2-13-12(15)14-8-9-16-10-11-6-4-3-5-7-11/h3-7H,2,8-10H2,1H3,(H2,13,14,15). The molecule has 0 radical (unpaired) electrons. The van der Waals surface area contributed by atoms with Crippen LogP contribution in [-0.4, -0.2) is 25.7 Å². The van der Waals surface area contributed by atoms with E-state index in [0.717, 1.165) is 5.56 Å². The van der Waals surface area contributed by atoms with Crippen molar-refractivity contribution in [2.45, 2.75) is 13.5 Å². The molecule has 2 amide bonds. The number of hydrogen-bond donors (Lipinski definition) is 2. The van der Waals surface area contributed by atoms with E-state index in [0.29, 0.717) is 26.3 Å². The van der Waals surface area contributed by atoms with Gasteiger partial charge in [0.2, 0.25) is 0 Å². The van der Waals surface area contributed by atoms with Crippen LogP contribution in [0.4, 0.5) is 4.79 Å². The second-order valence-corrected chi connectivity index (χ2v) is 3.32. The smallest absolute Gasteiger partial charge is 0.314 e. The molecular weight excluding hydrogens is 204 g/mol. The van der Waals surface area contributed by atoms with Crippen LogP contribution >= 0.6 is 0 Å².